The molecule has 1 nitrogen and oxygen atoms in total. The number of benzene rings is 1. The molecule has 70 valence electrons. The fourth-order valence-electron chi connectivity index (χ4n) is 1.75. The van der Waals surface area contributed by atoms with Crippen molar-refractivity contribution in [1.29, 1.82) is 0 Å². The van der Waals surface area contributed by atoms with Crippen LogP contribution in [0.15, 0.2) is 22.7 Å². The van der Waals surface area contributed by atoms with Crippen molar-refractivity contribution in [2.45, 2.75) is 12.3 Å². The Kier molecular flexibility index (Phi) is 2.65. The summed E-state index contributed by atoms with van der Waals surface area (Å²) in [6.07, 6.45) is 1.04. The Balaban J connectivity index is 2.29. The van der Waals surface area contributed by atoms with E-state index in [-0.39, 0.29) is 5.82 Å². The van der Waals surface area contributed by atoms with E-state index >= 15 is 0 Å². The first-order valence-electron chi connectivity index (χ1n) is 4.43. The van der Waals surface area contributed by atoms with Gasteiger partial charge in [-0.1, -0.05) is 22.0 Å². The molecule has 1 unspecified atom stereocenters. The van der Waals surface area contributed by atoms with Crippen LogP contribution in [0.4, 0.5) is 4.39 Å². The molecule has 1 aliphatic heterocycles. The van der Waals surface area contributed by atoms with Crippen molar-refractivity contribution < 1.29 is 4.39 Å². The molecule has 1 saturated heterocycles. The van der Waals surface area contributed by atoms with E-state index in [1.165, 1.54) is 6.07 Å². The average Bonchev–Trinajstić information content (AvgIpc) is 2.56. The van der Waals surface area contributed by atoms with Gasteiger partial charge in [-0.15, -0.1) is 0 Å². The zero-order chi connectivity index (χ0) is 9.26. The molecule has 1 aliphatic rings. The van der Waals surface area contributed by atoms with Crippen molar-refractivity contribution in [3.63, 3.8) is 0 Å². The molecule has 3 heteroatoms. The van der Waals surface area contributed by atoms with Crippen molar-refractivity contribution >= 4 is 15.9 Å². The summed E-state index contributed by atoms with van der Waals surface area (Å²) < 4.78 is 14.2. The van der Waals surface area contributed by atoms with E-state index in [4.69, 9.17) is 0 Å². The van der Waals surface area contributed by atoms with Crippen molar-refractivity contribution in [2.75, 3.05) is 13.1 Å². The number of rotatable bonds is 1. The molecule has 1 aromatic rings. The number of hydrogen-bond donors (Lipinski definition) is 1. The molecule has 0 aromatic heterocycles. The summed E-state index contributed by atoms with van der Waals surface area (Å²) in [7, 11) is 0. The number of nitrogens with one attached hydrogen (secondary N) is 1. The quantitative estimate of drug-likeness (QED) is 0.800. The molecule has 0 amide bonds. The van der Waals surface area contributed by atoms with Gasteiger partial charge in [-0.05, 0) is 30.7 Å². The molecular weight excluding hydrogens is 233 g/mol. The normalized spacial score (nSPS) is 22.2. The van der Waals surface area contributed by atoms with E-state index in [9.17, 15) is 4.39 Å². The van der Waals surface area contributed by atoms with Gasteiger partial charge in [0.05, 0.1) is 0 Å². The Hall–Kier alpha value is -0.410. The van der Waals surface area contributed by atoms with Crippen LogP contribution in [-0.4, -0.2) is 13.1 Å². The first-order valence-corrected chi connectivity index (χ1v) is 5.22. The van der Waals surface area contributed by atoms with Gasteiger partial charge in [0.2, 0.25) is 0 Å². The van der Waals surface area contributed by atoms with Gasteiger partial charge in [0.25, 0.3) is 0 Å². The SMILES string of the molecule is Fc1cc(Br)ccc1C1CCNC1. The maximum Gasteiger partial charge on any atom is 0.127 e. The molecule has 0 radical (unpaired) electrons. The van der Waals surface area contributed by atoms with Crippen LogP contribution >= 0.6 is 15.9 Å². The molecule has 1 fully saturated rings. The zero-order valence-corrected chi connectivity index (χ0v) is 8.77. The van der Waals surface area contributed by atoms with E-state index in [1.54, 1.807) is 0 Å². The molecule has 0 saturated carbocycles. The van der Waals surface area contributed by atoms with E-state index in [2.05, 4.69) is 21.2 Å². The number of hydrogen-bond acceptors (Lipinski definition) is 1. The van der Waals surface area contributed by atoms with Crippen LogP contribution in [0.1, 0.15) is 17.9 Å². The highest BCUT2D eigenvalue weighted by Gasteiger charge is 2.19. The first-order chi connectivity index (χ1) is 6.27. The summed E-state index contributed by atoms with van der Waals surface area (Å²) in [4.78, 5) is 0. The lowest BCUT2D eigenvalue weighted by Gasteiger charge is -2.09. The van der Waals surface area contributed by atoms with Gasteiger partial charge in [0.1, 0.15) is 5.82 Å². The second kappa shape index (κ2) is 3.76. The lowest BCUT2D eigenvalue weighted by atomic mass is 9.98. The third kappa shape index (κ3) is 1.92. The second-order valence-corrected chi connectivity index (χ2v) is 4.27. The smallest absolute Gasteiger partial charge is 0.127 e. The Labute approximate surface area is 85.5 Å². The summed E-state index contributed by atoms with van der Waals surface area (Å²) in [5.74, 6) is 0.260. The highest BCUT2D eigenvalue weighted by atomic mass is 79.9. The monoisotopic (exact) mass is 243 g/mol. The summed E-state index contributed by atoms with van der Waals surface area (Å²) in [5.41, 5.74) is 0.841. The Morgan fingerprint density at radius 2 is 2.31 bits per heavy atom. The van der Waals surface area contributed by atoms with E-state index in [0.717, 1.165) is 29.5 Å². The fraction of sp³-hybridized carbons (Fsp3) is 0.400. The second-order valence-electron chi connectivity index (χ2n) is 3.36. The van der Waals surface area contributed by atoms with Crippen molar-refractivity contribution in [3.8, 4) is 0 Å². The highest BCUT2D eigenvalue weighted by molar-refractivity contribution is 9.10. The summed E-state index contributed by atoms with van der Waals surface area (Å²) >= 11 is 3.25. The van der Waals surface area contributed by atoms with Crippen LogP contribution < -0.4 is 5.32 Å². The molecule has 13 heavy (non-hydrogen) atoms. The molecule has 2 rings (SSSR count). The molecule has 1 atom stereocenters. The van der Waals surface area contributed by atoms with Crippen LogP contribution in [-0.2, 0) is 0 Å². The molecule has 0 spiro atoms. The standard InChI is InChI=1S/C10H11BrFN/c11-8-1-2-9(10(12)5-8)7-3-4-13-6-7/h1-2,5,7,13H,3-4,6H2. The van der Waals surface area contributed by atoms with Crippen LogP contribution in [0.5, 0.6) is 0 Å². The predicted octanol–water partition coefficient (Wildman–Crippen LogP) is 2.67. The number of halogens is 2. The molecule has 1 N–H and O–H groups in total. The lowest BCUT2D eigenvalue weighted by molar-refractivity contribution is 0.587. The molecule has 0 bridgehead atoms. The van der Waals surface area contributed by atoms with Crippen LogP contribution in [0.3, 0.4) is 0 Å². The van der Waals surface area contributed by atoms with Gasteiger partial charge < -0.3 is 5.32 Å². The summed E-state index contributed by atoms with van der Waals surface area (Å²) in [5, 5.41) is 3.23. The van der Waals surface area contributed by atoms with E-state index < -0.39 is 0 Å². The van der Waals surface area contributed by atoms with Gasteiger partial charge in [-0.2, -0.15) is 0 Å². The van der Waals surface area contributed by atoms with Crippen molar-refractivity contribution in [3.05, 3.63) is 34.1 Å². The van der Waals surface area contributed by atoms with Crippen LogP contribution in [0, 0.1) is 5.82 Å². The molecule has 1 heterocycles. The predicted molar refractivity (Wildman–Crippen MR) is 54.3 cm³/mol. The minimum atomic E-state index is -0.0944. The summed E-state index contributed by atoms with van der Waals surface area (Å²) in [6, 6.07) is 5.31. The minimum absolute atomic E-state index is 0.0944. The minimum Gasteiger partial charge on any atom is -0.316 e. The highest BCUT2D eigenvalue weighted by Crippen LogP contribution is 2.26. The molecule has 1 aromatic carbocycles. The average molecular weight is 244 g/mol. The van der Waals surface area contributed by atoms with Gasteiger partial charge in [0, 0.05) is 16.9 Å². The van der Waals surface area contributed by atoms with Gasteiger partial charge in [-0.25, -0.2) is 4.39 Å². The fourth-order valence-corrected chi connectivity index (χ4v) is 2.09. The van der Waals surface area contributed by atoms with Gasteiger partial charge >= 0.3 is 0 Å². The van der Waals surface area contributed by atoms with Crippen molar-refractivity contribution in [1.82, 2.24) is 5.32 Å². The third-order valence-corrected chi connectivity index (χ3v) is 2.96. The Morgan fingerprint density at radius 1 is 1.46 bits per heavy atom. The van der Waals surface area contributed by atoms with E-state index in [1.807, 2.05) is 12.1 Å². The largest absolute Gasteiger partial charge is 0.316 e. The summed E-state index contributed by atoms with van der Waals surface area (Å²) in [6.45, 7) is 1.90. The zero-order valence-electron chi connectivity index (χ0n) is 7.19. The Bertz CT molecular complexity index is 308. The molecular formula is C10H11BrFN. The topological polar surface area (TPSA) is 12.0 Å². The maximum absolute atomic E-state index is 13.4. The maximum atomic E-state index is 13.4. The first kappa shape index (κ1) is 9.16. The van der Waals surface area contributed by atoms with Crippen LogP contribution in [0.25, 0.3) is 0 Å². The van der Waals surface area contributed by atoms with Gasteiger partial charge in [-0.3, -0.25) is 0 Å². The Morgan fingerprint density at radius 3 is 2.92 bits per heavy atom. The van der Waals surface area contributed by atoms with E-state index in [0.29, 0.717) is 5.92 Å². The third-order valence-electron chi connectivity index (χ3n) is 2.46. The molecule has 0 aliphatic carbocycles. The van der Waals surface area contributed by atoms with Crippen molar-refractivity contribution in [2.24, 2.45) is 0 Å². The lowest BCUT2D eigenvalue weighted by Crippen LogP contribution is -2.08. The van der Waals surface area contributed by atoms with Crippen LogP contribution in [0.2, 0.25) is 0 Å². The van der Waals surface area contributed by atoms with Gasteiger partial charge in [0.15, 0.2) is 0 Å².